The molecule has 12 heteroatoms. The molecular weight excluding hydrogens is 495 g/mol. The summed E-state index contributed by atoms with van der Waals surface area (Å²) in [6.45, 7) is 2.75. The first-order valence-corrected chi connectivity index (χ1v) is 12.2. The van der Waals surface area contributed by atoms with E-state index in [1.54, 1.807) is 36.1 Å². The van der Waals surface area contributed by atoms with Crippen molar-refractivity contribution in [2.45, 2.75) is 25.5 Å². The fourth-order valence-electron chi connectivity index (χ4n) is 4.79. The number of carbonyl (C=O) groups is 2. The molecule has 2 atom stereocenters. The number of rotatable bonds is 5. The number of fused-ring (bicyclic) bond motifs is 2. The van der Waals surface area contributed by atoms with Gasteiger partial charge in [-0.25, -0.2) is 14.2 Å². The van der Waals surface area contributed by atoms with Gasteiger partial charge in [0.1, 0.15) is 17.2 Å². The molecule has 1 fully saturated rings. The average Bonchev–Trinajstić information content (AvgIpc) is 3.31. The number of H-pyrrole nitrogens is 2. The Labute approximate surface area is 216 Å². The lowest BCUT2D eigenvalue weighted by molar-refractivity contribution is 0.00455. The minimum Gasteiger partial charge on any atom is -0.450 e. The zero-order valence-electron chi connectivity index (χ0n) is 20.8. The molecule has 2 amide bonds. The molecule has 0 radical (unpaired) electrons. The number of likely N-dealkylation sites (tertiary alicyclic amines) is 1. The summed E-state index contributed by atoms with van der Waals surface area (Å²) in [4.78, 5) is 49.6. The summed E-state index contributed by atoms with van der Waals surface area (Å²) < 4.78 is 25.0. The Kier molecular flexibility index (Phi) is 6.72. The molecule has 2 aromatic heterocycles. The Morgan fingerprint density at radius 1 is 1.24 bits per heavy atom. The molecule has 38 heavy (non-hydrogen) atoms. The number of aromatic amines is 2. The number of piperidine rings is 1. The van der Waals surface area contributed by atoms with Crippen molar-refractivity contribution in [1.82, 2.24) is 25.2 Å². The van der Waals surface area contributed by atoms with Gasteiger partial charge in [-0.1, -0.05) is 6.07 Å². The second-order valence-electron chi connectivity index (χ2n) is 9.01. The summed E-state index contributed by atoms with van der Waals surface area (Å²) >= 11 is 0. The molecule has 3 heterocycles. The lowest BCUT2D eigenvalue weighted by Gasteiger charge is -2.37. The number of aromatic nitrogens is 3. The van der Waals surface area contributed by atoms with Gasteiger partial charge in [0.2, 0.25) is 0 Å². The van der Waals surface area contributed by atoms with Crippen molar-refractivity contribution in [3.05, 3.63) is 58.1 Å². The fourth-order valence-corrected chi connectivity index (χ4v) is 4.79. The summed E-state index contributed by atoms with van der Waals surface area (Å²) in [5, 5.41) is 3.08. The number of methoxy groups -OCH3 is 1. The van der Waals surface area contributed by atoms with Crippen LogP contribution in [0.15, 0.2) is 41.2 Å². The van der Waals surface area contributed by atoms with Crippen LogP contribution in [0.1, 0.15) is 23.7 Å². The number of halogens is 1. The number of anilines is 1. The van der Waals surface area contributed by atoms with E-state index in [4.69, 9.17) is 15.2 Å². The quantitative estimate of drug-likeness (QED) is 0.314. The van der Waals surface area contributed by atoms with Crippen LogP contribution < -0.4 is 16.6 Å². The van der Waals surface area contributed by atoms with Crippen LogP contribution in [0.2, 0.25) is 0 Å². The molecule has 5 N–H and O–H groups in total. The first kappa shape index (κ1) is 25.2. The molecular formula is C26H27FN6O5. The summed E-state index contributed by atoms with van der Waals surface area (Å²) in [6, 6.07) is 8.88. The third-order valence-corrected chi connectivity index (χ3v) is 6.71. The van der Waals surface area contributed by atoms with E-state index in [1.165, 1.54) is 19.2 Å². The van der Waals surface area contributed by atoms with Crippen LogP contribution in [0.4, 0.5) is 14.9 Å². The third-order valence-electron chi connectivity index (χ3n) is 6.71. The lowest BCUT2D eigenvalue weighted by atomic mass is 10.0. The average molecular weight is 523 g/mol. The molecule has 0 spiro atoms. The number of nitrogens with two attached hydrogens (primary N) is 1. The van der Waals surface area contributed by atoms with E-state index in [9.17, 15) is 18.8 Å². The summed E-state index contributed by atoms with van der Waals surface area (Å²) in [7, 11) is 1.53. The number of amides is 2. The highest BCUT2D eigenvalue weighted by atomic mass is 19.1. The Hall–Kier alpha value is -4.45. The highest BCUT2D eigenvalue weighted by Crippen LogP contribution is 2.30. The normalized spacial score (nSPS) is 17.6. The number of nitrogens with one attached hydrogen (secondary N) is 3. The summed E-state index contributed by atoms with van der Waals surface area (Å²) in [6.07, 6.45) is -0.309. The second-order valence-corrected chi connectivity index (χ2v) is 9.01. The van der Waals surface area contributed by atoms with Crippen molar-refractivity contribution in [3.63, 3.8) is 0 Å². The maximum absolute atomic E-state index is 14.5. The number of pyridine rings is 1. The molecule has 1 saturated heterocycles. The standard InChI is InChI=1S/C26H27FN6O5/c1-3-38-26(36)33-10-9-16(19(12-33)37-2)31-24(34)13-7-8-15-18(11-13)30-23(29-15)21-22(28)20-14(27)5-4-6-17(20)32-25(21)35/h4-8,11,16,19H,3,9-10,12H2,1-2H3,(H,29,30)(H,31,34)(H3,28,32,35)/t16-,19+/m1/s1. The largest absolute Gasteiger partial charge is 0.450 e. The van der Waals surface area contributed by atoms with E-state index >= 15 is 0 Å². The van der Waals surface area contributed by atoms with Gasteiger partial charge in [-0.3, -0.25) is 9.59 Å². The van der Waals surface area contributed by atoms with Gasteiger partial charge in [0.25, 0.3) is 11.5 Å². The molecule has 11 nitrogen and oxygen atoms in total. The Balaban J connectivity index is 1.39. The van der Waals surface area contributed by atoms with Gasteiger partial charge in [0, 0.05) is 19.2 Å². The monoisotopic (exact) mass is 522 g/mol. The Morgan fingerprint density at radius 2 is 2.05 bits per heavy atom. The minimum atomic E-state index is -0.560. The van der Waals surface area contributed by atoms with Gasteiger partial charge in [-0.15, -0.1) is 0 Å². The SMILES string of the molecule is CCOC(=O)N1CC[C@@H](NC(=O)c2ccc3nc(-c4c(N)c5c(F)cccc5[nH]c4=O)[nH]c3c2)[C@@H](OC)C1. The zero-order chi connectivity index (χ0) is 27.0. The van der Waals surface area contributed by atoms with Crippen LogP contribution in [-0.2, 0) is 9.47 Å². The number of benzene rings is 2. The molecule has 198 valence electrons. The second kappa shape index (κ2) is 10.1. The van der Waals surface area contributed by atoms with Crippen molar-refractivity contribution in [3.8, 4) is 11.4 Å². The molecule has 5 rings (SSSR count). The number of nitrogen functional groups attached to an aromatic ring is 1. The molecule has 2 aromatic carbocycles. The van der Waals surface area contributed by atoms with Crippen molar-refractivity contribution >= 4 is 39.6 Å². The number of nitrogens with zero attached hydrogens (tertiary/aromatic N) is 2. The molecule has 0 aliphatic carbocycles. The van der Waals surface area contributed by atoms with Crippen molar-refractivity contribution in [2.75, 3.05) is 32.5 Å². The van der Waals surface area contributed by atoms with Crippen LogP contribution in [0.5, 0.6) is 0 Å². The van der Waals surface area contributed by atoms with E-state index in [0.717, 1.165) is 0 Å². The summed E-state index contributed by atoms with van der Waals surface area (Å²) in [5.74, 6) is -0.730. The topological polar surface area (TPSA) is 155 Å². The molecule has 0 unspecified atom stereocenters. The molecule has 0 saturated carbocycles. The highest BCUT2D eigenvalue weighted by Gasteiger charge is 2.33. The van der Waals surface area contributed by atoms with Gasteiger partial charge >= 0.3 is 6.09 Å². The van der Waals surface area contributed by atoms with E-state index in [1.807, 2.05) is 0 Å². The maximum Gasteiger partial charge on any atom is 0.409 e. The number of ether oxygens (including phenoxy) is 2. The lowest BCUT2D eigenvalue weighted by Crippen LogP contribution is -2.56. The van der Waals surface area contributed by atoms with Gasteiger partial charge in [-0.2, -0.15) is 0 Å². The van der Waals surface area contributed by atoms with Crippen LogP contribution in [0.25, 0.3) is 33.3 Å². The van der Waals surface area contributed by atoms with Crippen molar-refractivity contribution in [1.29, 1.82) is 0 Å². The number of hydrogen-bond donors (Lipinski definition) is 4. The third kappa shape index (κ3) is 4.54. The van der Waals surface area contributed by atoms with Gasteiger partial charge < -0.3 is 35.4 Å². The molecule has 1 aliphatic rings. The number of imidazole rings is 1. The Bertz CT molecular complexity index is 1600. The number of hydrogen-bond acceptors (Lipinski definition) is 7. The molecule has 0 bridgehead atoms. The predicted molar refractivity (Wildman–Crippen MR) is 139 cm³/mol. The summed E-state index contributed by atoms with van der Waals surface area (Å²) in [5.41, 5.74) is 7.32. The van der Waals surface area contributed by atoms with E-state index in [-0.39, 0.29) is 46.5 Å². The maximum atomic E-state index is 14.5. The van der Waals surface area contributed by atoms with Crippen molar-refractivity contribution in [2.24, 2.45) is 0 Å². The van der Waals surface area contributed by atoms with Crippen molar-refractivity contribution < 1.29 is 23.5 Å². The minimum absolute atomic E-state index is 0.0149. The first-order chi connectivity index (χ1) is 18.3. The molecule has 4 aromatic rings. The Morgan fingerprint density at radius 3 is 2.82 bits per heavy atom. The zero-order valence-corrected chi connectivity index (χ0v) is 20.8. The fraction of sp³-hybridized carbons (Fsp3) is 0.308. The number of carbonyl (C=O) groups excluding carboxylic acids is 2. The van der Waals surface area contributed by atoms with Crippen LogP contribution in [0.3, 0.4) is 0 Å². The highest BCUT2D eigenvalue weighted by molar-refractivity contribution is 6.00. The predicted octanol–water partition coefficient (Wildman–Crippen LogP) is 2.77. The van der Waals surface area contributed by atoms with E-state index in [2.05, 4.69) is 20.3 Å². The first-order valence-electron chi connectivity index (χ1n) is 12.2. The molecule has 1 aliphatic heterocycles. The van der Waals surface area contributed by atoms with Crippen LogP contribution in [-0.4, -0.2) is 70.8 Å². The van der Waals surface area contributed by atoms with Crippen LogP contribution in [0, 0.1) is 5.82 Å². The van der Waals surface area contributed by atoms with Gasteiger partial charge in [0.15, 0.2) is 0 Å². The van der Waals surface area contributed by atoms with E-state index in [0.29, 0.717) is 36.1 Å². The van der Waals surface area contributed by atoms with Gasteiger partial charge in [0.05, 0.1) is 52.9 Å². The van der Waals surface area contributed by atoms with E-state index < -0.39 is 23.6 Å². The smallest absolute Gasteiger partial charge is 0.409 e. The van der Waals surface area contributed by atoms with Gasteiger partial charge in [-0.05, 0) is 43.7 Å². The van der Waals surface area contributed by atoms with Crippen LogP contribution >= 0.6 is 0 Å².